The molecule has 0 aromatic heterocycles. The van der Waals surface area contributed by atoms with Crippen LogP contribution in [0.25, 0.3) is 0 Å². The Labute approximate surface area is 131 Å². The number of fused-ring (bicyclic) bond motifs is 1. The molecule has 1 aromatic carbocycles. The molecule has 0 spiro atoms. The molecule has 0 aliphatic heterocycles. The summed E-state index contributed by atoms with van der Waals surface area (Å²) in [6.07, 6.45) is 4.82. The van der Waals surface area contributed by atoms with Crippen LogP contribution in [0.5, 0.6) is 0 Å². The van der Waals surface area contributed by atoms with Crippen LogP contribution in [0.2, 0.25) is 0 Å². The molecule has 1 aliphatic rings. The second-order valence-electron chi connectivity index (χ2n) is 8.43. The molecule has 1 aliphatic carbocycles. The highest BCUT2D eigenvalue weighted by atomic mass is 14.6. The zero-order chi connectivity index (χ0) is 15.8. The molecule has 0 saturated heterocycles. The van der Waals surface area contributed by atoms with Gasteiger partial charge in [-0.1, -0.05) is 66.2 Å². The standard InChI is InChI=1S/C20H33N/c1-7-14(2)12-18(21)15-8-9-16-17(13-15)20(5,6)11-10-19(16,3)4/h8-9,13-14,18H,7,10-12,21H2,1-6H3. The molecule has 2 unspecified atom stereocenters. The summed E-state index contributed by atoms with van der Waals surface area (Å²) >= 11 is 0. The maximum atomic E-state index is 6.46. The van der Waals surface area contributed by atoms with Crippen LogP contribution in [0, 0.1) is 5.92 Å². The Bertz CT molecular complexity index is 499. The zero-order valence-electron chi connectivity index (χ0n) is 14.8. The molecule has 0 bridgehead atoms. The minimum atomic E-state index is 0.172. The average Bonchev–Trinajstić information content (AvgIpc) is 2.43. The fourth-order valence-electron chi connectivity index (χ4n) is 3.57. The Kier molecular flexibility index (Phi) is 4.54. The molecule has 2 atom stereocenters. The van der Waals surface area contributed by atoms with Crippen molar-refractivity contribution >= 4 is 0 Å². The lowest BCUT2D eigenvalue weighted by Gasteiger charge is -2.42. The van der Waals surface area contributed by atoms with E-state index in [1.807, 2.05) is 0 Å². The van der Waals surface area contributed by atoms with Crippen LogP contribution in [0.1, 0.15) is 90.0 Å². The van der Waals surface area contributed by atoms with Crippen LogP contribution in [0.15, 0.2) is 18.2 Å². The van der Waals surface area contributed by atoms with E-state index in [4.69, 9.17) is 5.73 Å². The van der Waals surface area contributed by atoms with E-state index in [-0.39, 0.29) is 11.5 Å². The Morgan fingerprint density at radius 3 is 2.19 bits per heavy atom. The second-order valence-corrected chi connectivity index (χ2v) is 8.43. The van der Waals surface area contributed by atoms with Gasteiger partial charge < -0.3 is 5.73 Å². The number of benzene rings is 1. The molecular formula is C20H33N. The third-order valence-corrected chi connectivity index (χ3v) is 5.66. The van der Waals surface area contributed by atoms with Crippen molar-refractivity contribution in [2.45, 2.75) is 84.1 Å². The first kappa shape index (κ1) is 16.5. The van der Waals surface area contributed by atoms with Crippen LogP contribution >= 0.6 is 0 Å². The van der Waals surface area contributed by atoms with E-state index in [1.54, 1.807) is 0 Å². The van der Waals surface area contributed by atoms with Crippen molar-refractivity contribution in [1.82, 2.24) is 0 Å². The van der Waals surface area contributed by atoms with Gasteiger partial charge in [0.25, 0.3) is 0 Å². The van der Waals surface area contributed by atoms with E-state index in [1.165, 1.54) is 36.0 Å². The molecule has 0 heterocycles. The molecule has 0 fully saturated rings. The molecule has 1 nitrogen and oxygen atoms in total. The predicted molar refractivity (Wildman–Crippen MR) is 92.7 cm³/mol. The van der Waals surface area contributed by atoms with Gasteiger partial charge in [0.15, 0.2) is 0 Å². The highest BCUT2D eigenvalue weighted by Gasteiger charge is 2.37. The molecular weight excluding hydrogens is 254 g/mol. The number of rotatable bonds is 4. The Morgan fingerprint density at radius 1 is 1.05 bits per heavy atom. The summed E-state index contributed by atoms with van der Waals surface area (Å²) in [5.74, 6) is 0.695. The molecule has 118 valence electrons. The van der Waals surface area contributed by atoms with Gasteiger partial charge in [0.1, 0.15) is 0 Å². The lowest BCUT2D eigenvalue weighted by atomic mass is 9.63. The van der Waals surface area contributed by atoms with Crippen molar-refractivity contribution in [2.75, 3.05) is 0 Å². The lowest BCUT2D eigenvalue weighted by Crippen LogP contribution is -2.34. The average molecular weight is 287 g/mol. The topological polar surface area (TPSA) is 26.0 Å². The largest absolute Gasteiger partial charge is 0.324 e. The molecule has 2 N–H and O–H groups in total. The Hall–Kier alpha value is -0.820. The summed E-state index contributed by atoms with van der Waals surface area (Å²) in [4.78, 5) is 0. The van der Waals surface area contributed by atoms with Gasteiger partial charge in [-0.25, -0.2) is 0 Å². The first-order valence-corrected chi connectivity index (χ1v) is 8.58. The summed E-state index contributed by atoms with van der Waals surface area (Å²) in [6, 6.07) is 7.20. The fourth-order valence-corrected chi connectivity index (χ4v) is 3.57. The predicted octanol–water partition coefficient (Wildman–Crippen LogP) is 5.47. The van der Waals surface area contributed by atoms with E-state index in [0.29, 0.717) is 11.3 Å². The van der Waals surface area contributed by atoms with Gasteiger partial charge in [-0.2, -0.15) is 0 Å². The van der Waals surface area contributed by atoms with E-state index >= 15 is 0 Å². The highest BCUT2D eigenvalue weighted by molar-refractivity contribution is 5.44. The fraction of sp³-hybridized carbons (Fsp3) is 0.700. The molecule has 21 heavy (non-hydrogen) atoms. The molecule has 1 heteroatoms. The summed E-state index contributed by atoms with van der Waals surface area (Å²) in [7, 11) is 0. The molecule has 0 radical (unpaired) electrons. The van der Waals surface area contributed by atoms with Crippen LogP contribution in [0.3, 0.4) is 0 Å². The molecule has 1 aromatic rings. The van der Waals surface area contributed by atoms with Crippen molar-refractivity contribution < 1.29 is 0 Å². The summed E-state index contributed by atoms with van der Waals surface area (Å²) in [5, 5.41) is 0. The van der Waals surface area contributed by atoms with Gasteiger partial charge in [-0.3, -0.25) is 0 Å². The van der Waals surface area contributed by atoms with E-state index < -0.39 is 0 Å². The van der Waals surface area contributed by atoms with Crippen molar-refractivity contribution in [3.05, 3.63) is 34.9 Å². The number of nitrogens with two attached hydrogens (primary N) is 1. The van der Waals surface area contributed by atoms with Gasteiger partial charge in [0.2, 0.25) is 0 Å². The van der Waals surface area contributed by atoms with Crippen LogP contribution in [0.4, 0.5) is 0 Å². The summed E-state index contributed by atoms with van der Waals surface area (Å²) < 4.78 is 0. The summed E-state index contributed by atoms with van der Waals surface area (Å²) in [6.45, 7) is 14.1. The number of hydrogen-bond donors (Lipinski definition) is 1. The van der Waals surface area contributed by atoms with E-state index in [0.717, 1.165) is 6.42 Å². The summed E-state index contributed by atoms with van der Waals surface area (Å²) in [5.41, 5.74) is 11.4. The van der Waals surface area contributed by atoms with Crippen LogP contribution < -0.4 is 5.73 Å². The maximum Gasteiger partial charge on any atom is 0.0297 e. The maximum absolute atomic E-state index is 6.46. The normalized spacial score (nSPS) is 22.4. The van der Waals surface area contributed by atoms with E-state index in [2.05, 4.69) is 59.7 Å². The zero-order valence-corrected chi connectivity index (χ0v) is 14.8. The smallest absolute Gasteiger partial charge is 0.0297 e. The van der Waals surface area contributed by atoms with Gasteiger partial charge in [-0.05, 0) is 52.7 Å². The second kappa shape index (κ2) is 5.76. The van der Waals surface area contributed by atoms with Crippen molar-refractivity contribution in [3.8, 4) is 0 Å². The lowest BCUT2D eigenvalue weighted by molar-refractivity contribution is 0.331. The minimum Gasteiger partial charge on any atom is -0.324 e. The van der Waals surface area contributed by atoms with E-state index in [9.17, 15) is 0 Å². The highest BCUT2D eigenvalue weighted by Crippen LogP contribution is 2.46. The molecule has 0 amide bonds. The van der Waals surface area contributed by atoms with Gasteiger partial charge in [-0.15, -0.1) is 0 Å². The third kappa shape index (κ3) is 3.34. The SMILES string of the molecule is CCC(C)CC(N)c1ccc2c(c1)C(C)(C)CCC2(C)C. The third-order valence-electron chi connectivity index (χ3n) is 5.66. The van der Waals surface area contributed by atoms with Crippen molar-refractivity contribution in [1.29, 1.82) is 0 Å². The quantitative estimate of drug-likeness (QED) is 0.780. The molecule has 0 saturated carbocycles. The molecule has 2 rings (SSSR count). The van der Waals surface area contributed by atoms with Gasteiger partial charge >= 0.3 is 0 Å². The first-order valence-electron chi connectivity index (χ1n) is 8.58. The Balaban J connectivity index is 2.37. The van der Waals surface area contributed by atoms with Crippen LogP contribution in [-0.2, 0) is 10.8 Å². The van der Waals surface area contributed by atoms with Crippen molar-refractivity contribution in [3.63, 3.8) is 0 Å². The first-order chi connectivity index (χ1) is 9.67. The van der Waals surface area contributed by atoms with Gasteiger partial charge in [0, 0.05) is 6.04 Å². The van der Waals surface area contributed by atoms with Crippen molar-refractivity contribution in [2.24, 2.45) is 11.7 Å². The minimum absolute atomic E-state index is 0.172. The number of hydrogen-bond acceptors (Lipinski definition) is 1. The van der Waals surface area contributed by atoms with Crippen LogP contribution in [-0.4, -0.2) is 0 Å². The van der Waals surface area contributed by atoms with Gasteiger partial charge in [0.05, 0.1) is 0 Å². The Morgan fingerprint density at radius 2 is 1.62 bits per heavy atom. The monoisotopic (exact) mass is 287 g/mol.